The van der Waals surface area contributed by atoms with Gasteiger partial charge in [0.25, 0.3) is 0 Å². The molecular weight excluding hydrogens is 487 g/mol. The number of amides is 1. The van der Waals surface area contributed by atoms with E-state index in [1.165, 1.54) is 22.8 Å². The van der Waals surface area contributed by atoms with E-state index in [9.17, 15) is 18.0 Å². The fourth-order valence-electron chi connectivity index (χ4n) is 7.87. The third-order valence-corrected chi connectivity index (χ3v) is 9.89. The number of carbonyl (C=O) groups is 1. The van der Waals surface area contributed by atoms with Crippen LogP contribution >= 0.6 is 0 Å². The van der Waals surface area contributed by atoms with E-state index in [0.717, 1.165) is 19.6 Å². The van der Waals surface area contributed by atoms with E-state index in [1.807, 2.05) is 17.0 Å². The molecule has 1 spiro atoms. The summed E-state index contributed by atoms with van der Waals surface area (Å²) in [6.45, 7) is 5.51. The van der Waals surface area contributed by atoms with Crippen LogP contribution in [0.4, 0.5) is 13.2 Å². The lowest BCUT2D eigenvalue weighted by molar-refractivity contribution is -0.144. The number of rotatable bonds is 3. The zero-order chi connectivity index (χ0) is 26.5. The Morgan fingerprint density at radius 1 is 1.03 bits per heavy atom. The molecule has 1 aliphatic carbocycles. The molecule has 0 bridgehead atoms. The number of alkyl halides is 2. The van der Waals surface area contributed by atoms with E-state index in [2.05, 4.69) is 35.8 Å². The van der Waals surface area contributed by atoms with Crippen molar-refractivity contribution in [3.8, 4) is 0 Å². The van der Waals surface area contributed by atoms with Gasteiger partial charge < -0.3 is 15.5 Å². The highest BCUT2D eigenvalue weighted by Gasteiger charge is 2.53. The van der Waals surface area contributed by atoms with Gasteiger partial charge in [0.05, 0.1) is 5.92 Å². The molecule has 2 aromatic rings. The first kappa shape index (κ1) is 25.9. The summed E-state index contributed by atoms with van der Waals surface area (Å²) in [5, 5.41) is 7.09. The number of hydrogen-bond donors (Lipinski definition) is 2. The van der Waals surface area contributed by atoms with Gasteiger partial charge in [-0.05, 0) is 67.2 Å². The second-order valence-corrected chi connectivity index (χ2v) is 12.1. The molecule has 38 heavy (non-hydrogen) atoms. The second kappa shape index (κ2) is 9.98. The number of nitrogens with one attached hydrogen (secondary N) is 2. The standard InChI is InChI=1S/C31H38F3N3O/c1-20-6-7-25-23(14-20)16-35-18-30(25)19-36-17-26(30)29(38)37-13-10-22(24-4-2-3-5-27(24)32)15-28(37)21-8-11-31(33,34)12-9-21/h2-7,14,21-22,26,28,35-36H,8-13,15-19H2,1H3. The van der Waals surface area contributed by atoms with Crippen LogP contribution in [0.3, 0.4) is 0 Å². The molecule has 0 radical (unpaired) electrons. The number of likely N-dealkylation sites (tertiary alicyclic amines) is 1. The summed E-state index contributed by atoms with van der Waals surface area (Å²) in [5.41, 5.74) is 4.07. The van der Waals surface area contributed by atoms with Crippen LogP contribution in [0.5, 0.6) is 0 Å². The summed E-state index contributed by atoms with van der Waals surface area (Å²) in [6.07, 6.45) is 1.86. The van der Waals surface area contributed by atoms with Crippen molar-refractivity contribution in [1.29, 1.82) is 0 Å². The zero-order valence-electron chi connectivity index (χ0n) is 22.1. The number of nitrogens with zero attached hydrogens (tertiary/aromatic N) is 1. The van der Waals surface area contributed by atoms with Crippen molar-refractivity contribution in [2.45, 2.75) is 75.3 Å². The van der Waals surface area contributed by atoms with Crippen molar-refractivity contribution < 1.29 is 18.0 Å². The number of aryl methyl sites for hydroxylation is 1. The first-order chi connectivity index (χ1) is 18.3. The van der Waals surface area contributed by atoms with E-state index in [4.69, 9.17) is 0 Å². The van der Waals surface area contributed by atoms with Gasteiger partial charge >= 0.3 is 0 Å². The molecule has 4 unspecified atom stereocenters. The highest BCUT2D eigenvalue weighted by atomic mass is 19.3. The Balaban J connectivity index is 1.31. The van der Waals surface area contributed by atoms with E-state index < -0.39 is 5.92 Å². The van der Waals surface area contributed by atoms with Crippen molar-refractivity contribution in [2.24, 2.45) is 11.8 Å². The van der Waals surface area contributed by atoms with Crippen molar-refractivity contribution in [2.75, 3.05) is 26.2 Å². The van der Waals surface area contributed by atoms with E-state index in [0.29, 0.717) is 44.3 Å². The average Bonchev–Trinajstić information content (AvgIpc) is 3.32. The smallest absolute Gasteiger partial charge is 0.248 e. The average molecular weight is 526 g/mol. The first-order valence-electron chi connectivity index (χ1n) is 14.2. The highest BCUT2D eigenvalue weighted by Crippen LogP contribution is 2.46. The topological polar surface area (TPSA) is 44.4 Å². The summed E-state index contributed by atoms with van der Waals surface area (Å²) >= 11 is 0. The number of hydrogen-bond acceptors (Lipinski definition) is 3. The van der Waals surface area contributed by atoms with Crippen LogP contribution in [0.15, 0.2) is 42.5 Å². The second-order valence-electron chi connectivity index (χ2n) is 12.1. The van der Waals surface area contributed by atoms with Crippen LogP contribution in [0.2, 0.25) is 0 Å². The van der Waals surface area contributed by atoms with Crippen molar-refractivity contribution in [1.82, 2.24) is 15.5 Å². The van der Waals surface area contributed by atoms with E-state index in [-0.39, 0.29) is 53.8 Å². The molecule has 204 valence electrons. The molecule has 0 aromatic heterocycles. The minimum atomic E-state index is -2.63. The molecule has 3 fully saturated rings. The van der Waals surface area contributed by atoms with Gasteiger partial charge in [0.1, 0.15) is 5.82 Å². The van der Waals surface area contributed by atoms with Gasteiger partial charge in [-0.3, -0.25) is 4.79 Å². The summed E-state index contributed by atoms with van der Waals surface area (Å²) in [7, 11) is 0. The maximum atomic E-state index is 14.8. The molecule has 7 heteroatoms. The van der Waals surface area contributed by atoms with Crippen molar-refractivity contribution in [3.05, 3.63) is 70.5 Å². The zero-order valence-corrected chi connectivity index (χ0v) is 22.1. The third kappa shape index (κ3) is 4.56. The van der Waals surface area contributed by atoms with Gasteiger partial charge in [0.15, 0.2) is 0 Å². The molecule has 3 heterocycles. The molecular formula is C31H38F3N3O. The number of piperidine rings is 1. The Hall–Kier alpha value is -2.38. The minimum absolute atomic E-state index is 0.0107. The molecule has 3 aliphatic heterocycles. The maximum absolute atomic E-state index is 14.8. The Morgan fingerprint density at radius 2 is 1.79 bits per heavy atom. The molecule has 1 amide bonds. The quantitative estimate of drug-likeness (QED) is 0.572. The lowest BCUT2D eigenvalue weighted by Gasteiger charge is -2.48. The summed E-state index contributed by atoms with van der Waals surface area (Å²) in [5.74, 6) is -2.94. The Morgan fingerprint density at radius 3 is 2.58 bits per heavy atom. The lowest BCUT2D eigenvalue weighted by atomic mass is 9.67. The lowest BCUT2D eigenvalue weighted by Crippen LogP contribution is -2.57. The third-order valence-electron chi connectivity index (χ3n) is 9.89. The number of carbonyl (C=O) groups excluding carboxylic acids is 1. The van der Waals surface area contributed by atoms with Crippen LogP contribution < -0.4 is 10.6 Å². The van der Waals surface area contributed by atoms with Crippen LogP contribution in [0, 0.1) is 24.6 Å². The minimum Gasteiger partial charge on any atom is -0.339 e. The van der Waals surface area contributed by atoms with Crippen molar-refractivity contribution in [3.63, 3.8) is 0 Å². The van der Waals surface area contributed by atoms with Crippen LogP contribution in [-0.4, -0.2) is 49.0 Å². The monoisotopic (exact) mass is 525 g/mol. The Labute approximate surface area is 223 Å². The maximum Gasteiger partial charge on any atom is 0.248 e. The molecule has 2 aromatic carbocycles. The molecule has 4 atom stereocenters. The van der Waals surface area contributed by atoms with Gasteiger partial charge in [0, 0.05) is 57.0 Å². The number of benzene rings is 2. The Bertz CT molecular complexity index is 1190. The SMILES string of the molecule is Cc1ccc2c(c1)CNCC21CNCC1C(=O)N1CCC(c2ccccc2F)CC1C1CCC(F)(F)CC1. The van der Waals surface area contributed by atoms with Gasteiger partial charge in [-0.15, -0.1) is 0 Å². The molecule has 2 N–H and O–H groups in total. The molecule has 1 saturated carbocycles. The van der Waals surface area contributed by atoms with Gasteiger partial charge in [0.2, 0.25) is 11.8 Å². The van der Waals surface area contributed by atoms with Gasteiger partial charge in [-0.25, -0.2) is 13.2 Å². The fraction of sp³-hybridized carbons (Fsp3) is 0.581. The summed E-state index contributed by atoms with van der Waals surface area (Å²) < 4.78 is 43.0. The molecule has 4 aliphatic rings. The molecule has 6 rings (SSSR count). The first-order valence-corrected chi connectivity index (χ1v) is 14.2. The number of halogens is 3. The van der Waals surface area contributed by atoms with Gasteiger partial charge in [-0.2, -0.15) is 0 Å². The van der Waals surface area contributed by atoms with Crippen molar-refractivity contribution >= 4 is 5.91 Å². The fourth-order valence-corrected chi connectivity index (χ4v) is 7.87. The highest BCUT2D eigenvalue weighted by molar-refractivity contribution is 5.82. The van der Waals surface area contributed by atoms with E-state index >= 15 is 0 Å². The largest absolute Gasteiger partial charge is 0.339 e. The van der Waals surface area contributed by atoms with Crippen LogP contribution in [-0.2, 0) is 16.8 Å². The summed E-state index contributed by atoms with van der Waals surface area (Å²) in [4.78, 5) is 16.5. The number of fused-ring (bicyclic) bond motifs is 2. The van der Waals surface area contributed by atoms with E-state index in [1.54, 1.807) is 6.07 Å². The van der Waals surface area contributed by atoms with Gasteiger partial charge in [-0.1, -0.05) is 42.0 Å². The normalized spacial score (nSPS) is 31.4. The molecule has 4 nitrogen and oxygen atoms in total. The predicted octanol–water partition coefficient (Wildman–Crippen LogP) is 5.29. The Kier molecular flexibility index (Phi) is 6.79. The summed E-state index contributed by atoms with van der Waals surface area (Å²) in [6, 6.07) is 13.3. The predicted molar refractivity (Wildman–Crippen MR) is 142 cm³/mol. The molecule has 2 saturated heterocycles. The van der Waals surface area contributed by atoms with Crippen LogP contribution in [0.1, 0.15) is 66.7 Å². The van der Waals surface area contributed by atoms with Crippen LogP contribution in [0.25, 0.3) is 0 Å².